The van der Waals surface area contributed by atoms with E-state index < -0.39 is 40.2 Å². The fraction of sp³-hybridized carbons (Fsp3) is 0.286. The molecule has 0 unspecified atom stereocenters. The highest BCUT2D eigenvalue weighted by Crippen LogP contribution is 2.33. The summed E-state index contributed by atoms with van der Waals surface area (Å²) in [6, 6.07) is 15.3. The zero-order chi connectivity index (χ0) is 28.7. The Balaban J connectivity index is 2.07. The van der Waals surface area contributed by atoms with E-state index in [-0.39, 0.29) is 32.7 Å². The monoisotopic (exact) mass is 593 g/mol. The average Bonchev–Trinajstić information content (AvgIpc) is 2.91. The molecule has 0 bridgehead atoms. The summed E-state index contributed by atoms with van der Waals surface area (Å²) >= 11 is 12.6. The van der Waals surface area contributed by atoms with Gasteiger partial charge >= 0.3 is 0 Å². The van der Waals surface area contributed by atoms with Crippen LogP contribution in [0.3, 0.4) is 0 Å². The van der Waals surface area contributed by atoms with Crippen molar-refractivity contribution in [3.05, 3.63) is 93.7 Å². The molecule has 0 aliphatic carbocycles. The molecule has 0 radical (unpaired) electrons. The molecule has 3 aromatic carbocycles. The van der Waals surface area contributed by atoms with Crippen LogP contribution in [-0.4, -0.2) is 44.3 Å². The van der Waals surface area contributed by atoms with Gasteiger partial charge in [0.25, 0.3) is 10.0 Å². The minimum Gasteiger partial charge on any atom is -0.354 e. The fourth-order valence-electron chi connectivity index (χ4n) is 3.82. The molecule has 0 aromatic heterocycles. The molecule has 1 atom stereocenters. The van der Waals surface area contributed by atoms with Crippen LogP contribution in [0.5, 0.6) is 0 Å². The molecule has 3 rings (SSSR count). The number of nitrogens with one attached hydrogen (secondary N) is 1. The van der Waals surface area contributed by atoms with E-state index in [0.29, 0.717) is 13.0 Å². The van der Waals surface area contributed by atoms with E-state index >= 15 is 0 Å². The number of anilines is 1. The van der Waals surface area contributed by atoms with E-state index in [2.05, 4.69) is 5.32 Å². The van der Waals surface area contributed by atoms with Crippen molar-refractivity contribution < 1.29 is 22.4 Å². The fourth-order valence-corrected chi connectivity index (χ4v) is 5.68. The van der Waals surface area contributed by atoms with E-state index in [9.17, 15) is 22.4 Å². The number of amides is 2. The van der Waals surface area contributed by atoms with Gasteiger partial charge in [0.2, 0.25) is 11.8 Å². The molecule has 0 fully saturated rings. The zero-order valence-corrected chi connectivity index (χ0v) is 24.2. The summed E-state index contributed by atoms with van der Waals surface area (Å²) in [5.41, 5.74) is 1.02. The van der Waals surface area contributed by atoms with Crippen LogP contribution in [0.25, 0.3) is 0 Å². The molecule has 0 saturated carbocycles. The Labute approximate surface area is 238 Å². The number of rotatable bonds is 11. The van der Waals surface area contributed by atoms with Crippen molar-refractivity contribution in [2.75, 3.05) is 17.4 Å². The lowest BCUT2D eigenvalue weighted by Gasteiger charge is -2.32. The van der Waals surface area contributed by atoms with Gasteiger partial charge in [-0.3, -0.25) is 13.9 Å². The van der Waals surface area contributed by atoms with Crippen LogP contribution in [0.15, 0.2) is 71.6 Å². The molecule has 0 heterocycles. The zero-order valence-electron chi connectivity index (χ0n) is 21.8. The van der Waals surface area contributed by atoms with Gasteiger partial charge in [-0.05, 0) is 56.7 Å². The SMILES string of the molecule is CCCNC(=O)[C@H](C)N(Cc1ccccc1F)C(=O)CN(c1cc(Cl)ccc1Cl)S(=O)(=O)c1ccc(C)cc1. The predicted molar refractivity (Wildman–Crippen MR) is 152 cm³/mol. The molecule has 1 N–H and O–H groups in total. The van der Waals surface area contributed by atoms with Gasteiger partial charge in [0.05, 0.1) is 15.6 Å². The third-order valence-electron chi connectivity index (χ3n) is 6.08. The molecule has 3 aromatic rings. The van der Waals surface area contributed by atoms with Gasteiger partial charge in [0.15, 0.2) is 0 Å². The smallest absolute Gasteiger partial charge is 0.264 e. The van der Waals surface area contributed by atoms with Crippen molar-refractivity contribution in [2.24, 2.45) is 0 Å². The quantitative estimate of drug-likeness (QED) is 0.314. The number of benzene rings is 3. The first-order chi connectivity index (χ1) is 18.4. The highest BCUT2D eigenvalue weighted by Gasteiger charge is 2.33. The minimum absolute atomic E-state index is 0.00739. The van der Waals surface area contributed by atoms with Crippen LogP contribution < -0.4 is 9.62 Å². The van der Waals surface area contributed by atoms with E-state index in [4.69, 9.17) is 23.2 Å². The van der Waals surface area contributed by atoms with E-state index in [1.54, 1.807) is 18.2 Å². The number of aryl methyl sites for hydroxylation is 1. The summed E-state index contributed by atoms with van der Waals surface area (Å²) in [4.78, 5) is 27.8. The molecule has 208 valence electrons. The van der Waals surface area contributed by atoms with Gasteiger partial charge in [-0.1, -0.05) is 66.0 Å². The highest BCUT2D eigenvalue weighted by atomic mass is 35.5. The van der Waals surface area contributed by atoms with Crippen LogP contribution in [0.1, 0.15) is 31.4 Å². The highest BCUT2D eigenvalue weighted by molar-refractivity contribution is 7.92. The van der Waals surface area contributed by atoms with Gasteiger partial charge in [0.1, 0.15) is 18.4 Å². The molecule has 11 heteroatoms. The van der Waals surface area contributed by atoms with E-state index in [1.165, 1.54) is 55.5 Å². The maximum atomic E-state index is 14.6. The Morgan fingerprint density at radius 3 is 2.33 bits per heavy atom. The van der Waals surface area contributed by atoms with Crippen molar-refractivity contribution in [3.63, 3.8) is 0 Å². The Morgan fingerprint density at radius 2 is 1.69 bits per heavy atom. The van der Waals surface area contributed by atoms with Gasteiger partial charge in [-0.25, -0.2) is 12.8 Å². The molecular formula is C28H30Cl2FN3O4S. The third-order valence-corrected chi connectivity index (χ3v) is 8.41. The lowest BCUT2D eigenvalue weighted by Crippen LogP contribution is -2.51. The van der Waals surface area contributed by atoms with Gasteiger partial charge in [0, 0.05) is 23.7 Å². The van der Waals surface area contributed by atoms with E-state index in [0.717, 1.165) is 14.8 Å². The van der Waals surface area contributed by atoms with Crippen LogP contribution in [-0.2, 0) is 26.2 Å². The van der Waals surface area contributed by atoms with Crippen LogP contribution in [0, 0.1) is 12.7 Å². The first kappa shape index (κ1) is 30.4. The topological polar surface area (TPSA) is 86.8 Å². The molecule has 0 saturated heterocycles. The Bertz CT molecular complexity index is 1430. The maximum Gasteiger partial charge on any atom is 0.264 e. The van der Waals surface area contributed by atoms with Crippen molar-refractivity contribution in [2.45, 2.75) is 44.7 Å². The van der Waals surface area contributed by atoms with Crippen molar-refractivity contribution in [3.8, 4) is 0 Å². The molecule has 7 nitrogen and oxygen atoms in total. The van der Waals surface area contributed by atoms with Crippen LogP contribution >= 0.6 is 23.2 Å². The number of halogens is 3. The number of sulfonamides is 1. The summed E-state index contributed by atoms with van der Waals surface area (Å²) in [5, 5.41) is 3.00. The number of nitrogens with zero attached hydrogens (tertiary/aromatic N) is 2. The molecule has 39 heavy (non-hydrogen) atoms. The molecule has 0 aliphatic heterocycles. The van der Waals surface area contributed by atoms with Gasteiger partial charge < -0.3 is 10.2 Å². The summed E-state index contributed by atoms with van der Waals surface area (Å²) in [5.74, 6) is -1.74. The van der Waals surface area contributed by atoms with Crippen LogP contribution in [0.4, 0.5) is 10.1 Å². The summed E-state index contributed by atoms with van der Waals surface area (Å²) in [6.07, 6.45) is 0.676. The molecule has 2 amide bonds. The number of hydrogen-bond acceptors (Lipinski definition) is 4. The maximum absolute atomic E-state index is 14.6. The number of carbonyl (C=O) groups excluding carboxylic acids is 2. The largest absolute Gasteiger partial charge is 0.354 e. The van der Waals surface area contributed by atoms with Gasteiger partial charge in [-0.2, -0.15) is 0 Å². The number of carbonyl (C=O) groups is 2. The second kappa shape index (κ2) is 13.3. The lowest BCUT2D eigenvalue weighted by atomic mass is 10.1. The van der Waals surface area contributed by atoms with Crippen molar-refractivity contribution in [1.82, 2.24) is 10.2 Å². The molecule has 0 aliphatic rings. The third kappa shape index (κ3) is 7.50. The first-order valence-corrected chi connectivity index (χ1v) is 14.5. The second-order valence-electron chi connectivity index (χ2n) is 9.00. The standard InChI is InChI=1S/C28H30Cl2FN3O4S/c1-4-15-32-28(36)20(3)33(17-21-7-5-6-8-25(21)31)27(35)18-34(26-16-22(29)11-14-24(26)30)39(37,38)23-12-9-19(2)10-13-23/h5-14,16,20H,4,15,17-18H2,1-3H3,(H,32,36)/t20-/m0/s1. The molecule has 0 spiro atoms. The normalized spacial score (nSPS) is 12.1. The minimum atomic E-state index is -4.31. The van der Waals surface area contributed by atoms with Gasteiger partial charge in [-0.15, -0.1) is 0 Å². The Kier molecular flexibility index (Phi) is 10.4. The Morgan fingerprint density at radius 1 is 1.03 bits per heavy atom. The second-order valence-corrected chi connectivity index (χ2v) is 11.7. The lowest BCUT2D eigenvalue weighted by molar-refractivity contribution is -0.139. The average molecular weight is 595 g/mol. The molecular weight excluding hydrogens is 564 g/mol. The summed E-state index contributed by atoms with van der Waals surface area (Å²) < 4.78 is 43.1. The Hall–Kier alpha value is -3.14. The first-order valence-electron chi connectivity index (χ1n) is 12.3. The van der Waals surface area contributed by atoms with E-state index in [1.807, 2.05) is 13.8 Å². The predicted octanol–water partition coefficient (Wildman–Crippen LogP) is 5.58. The van der Waals surface area contributed by atoms with Crippen LogP contribution in [0.2, 0.25) is 10.0 Å². The summed E-state index contributed by atoms with van der Waals surface area (Å²) in [7, 11) is -4.31. The summed E-state index contributed by atoms with van der Waals surface area (Å²) in [6.45, 7) is 4.63. The van der Waals surface area contributed by atoms with Crippen molar-refractivity contribution in [1.29, 1.82) is 0 Å². The van der Waals surface area contributed by atoms with Crippen molar-refractivity contribution >= 4 is 50.7 Å². The number of hydrogen-bond donors (Lipinski definition) is 1.